The zero-order valence-corrected chi connectivity index (χ0v) is 10.3. The van der Waals surface area contributed by atoms with E-state index in [0.717, 1.165) is 0 Å². The van der Waals surface area contributed by atoms with Crippen molar-refractivity contribution in [2.75, 3.05) is 12.5 Å². The normalized spacial score (nSPS) is 27.2. The van der Waals surface area contributed by atoms with E-state index in [1.807, 2.05) is 0 Å². The number of fused-ring (bicyclic) bond motifs is 1. The first-order valence-corrected chi connectivity index (χ1v) is 6.19. The minimum atomic E-state index is -0.540. The van der Waals surface area contributed by atoms with Crippen molar-refractivity contribution in [3.8, 4) is 0 Å². The van der Waals surface area contributed by atoms with E-state index >= 15 is 0 Å². The Hall–Kier alpha value is -1.21. The van der Waals surface area contributed by atoms with Gasteiger partial charge in [0.05, 0.1) is 5.70 Å². The summed E-state index contributed by atoms with van der Waals surface area (Å²) in [7, 11) is 0. The third-order valence-electron chi connectivity index (χ3n) is 2.25. The van der Waals surface area contributed by atoms with Crippen LogP contribution in [0.2, 0.25) is 0 Å². The third kappa shape index (κ3) is 2.73. The fraction of sp³-hybridized carbons (Fsp3) is 0.600. The van der Waals surface area contributed by atoms with Gasteiger partial charge in [-0.25, -0.2) is 0 Å². The van der Waals surface area contributed by atoms with Gasteiger partial charge in [-0.15, -0.1) is 11.8 Å². The Balaban J connectivity index is 2.24. The molecule has 1 saturated heterocycles. The van der Waals surface area contributed by atoms with Crippen molar-refractivity contribution in [3.63, 3.8) is 0 Å². The molecule has 17 heavy (non-hydrogen) atoms. The summed E-state index contributed by atoms with van der Waals surface area (Å²) < 4.78 is 15.6. The molecule has 2 unspecified atom stereocenters. The second-order valence-electron chi connectivity index (χ2n) is 3.62. The molecule has 2 aliphatic heterocycles. The number of esters is 2. The maximum absolute atomic E-state index is 11.1. The topological polar surface area (TPSA) is 73.9 Å². The molecule has 0 aromatic heterocycles. The third-order valence-corrected chi connectivity index (χ3v) is 3.42. The van der Waals surface area contributed by atoms with E-state index in [4.69, 9.17) is 14.2 Å². The first kappa shape index (κ1) is 12.3. The van der Waals surface area contributed by atoms with Gasteiger partial charge in [0, 0.05) is 19.6 Å². The summed E-state index contributed by atoms with van der Waals surface area (Å²) in [6, 6.07) is 0. The van der Waals surface area contributed by atoms with Crippen molar-refractivity contribution in [1.82, 2.24) is 5.32 Å². The first-order valence-electron chi connectivity index (χ1n) is 5.14. The number of nitrogens with one attached hydrogen (secondary N) is 1. The van der Waals surface area contributed by atoms with E-state index in [2.05, 4.69) is 5.32 Å². The number of carbonyl (C=O) groups is 2. The molecule has 7 heteroatoms. The fourth-order valence-electron chi connectivity index (χ4n) is 1.68. The lowest BCUT2D eigenvalue weighted by Crippen LogP contribution is -2.33. The van der Waals surface area contributed by atoms with Crippen LogP contribution in [0.4, 0.5) is 0 Å². The van der Waals surface area contributed by atoms with Gasteiger partial charge in [0.25, 0.3) is 0 Å². The van der Waals surface area contributed by atoms with Crippen molar-refractivity contribution >= 4 is 23.7 Å². The Kier molecular flexibility index (Phi) is 3.58. The van der Waals surface area contributed by atoms with Crippen LogP contribution >= 0.6 is 11.8 Å². The van der Waals surface area contributed by atoms with E-state index in [1.165, 1.54) is 25.6 Å². The van der Waals surface area contributed by atoms with Gasteiger partial charge in [-0.05, 0) is 0 Å². The predicted octanol–water partition coefficient (Wildman–Crippen LogP) is 0.343. The second-order valence-corrected chi connectivity index (χ2v) is 4.72. The van der Waals surface area contributed by atoms with Gasteiger partial charge < -0.3 is 19.5 Å². The standard InChI is InChI=1S/C10H13NO5S/c1-5(12)15-7-3-17-10-8(11-4-14-10)9(7)16-6(2)13/h7,10-11H,3-4H2,1-2H3. The summed E-state index contributed by atoms with van der Waals surface area (Å²) in [6.45, 7) is 3.00. The number of carbonyl (C=O) groups excluding carboxylic acids is 2. The van der Waals surface area contributed by atoms with Gasteiger partial charge in [-0.2, -0.15) is 0 Å². The molecular weight excluding hydrogens is 246 g/mol. The predicted molar refractivity (Wildman–Crippen MR) is 59.7 cm³/mol. The lowest BCUT2D eigenvalue weighted by molar-refractivity contribution is -0.149. The fourth-order valence-corrected chi connectivity index (χ4v) is 2.78. The van der Waals surface area contributed by atoms with Crippen molar-refractivity contribution in [2.24, 2.45) is 0 Å². The Bertz CT molecular complexity index is 381. The van der Waals surface area contributed by atoms with Gasteiger partial charge in [0.2, 0.25) is 0 Å². The van der Waals surface area contributed by atoms with Crippen LogP contribution in [0.5, 0.6) is 0 Å². The largest absolute Gasteiger partial charge is 0.453 e. The smallest absolute Gasteiger partial charge is 0.307 e. The van der Waals surface area contributed by atoms with Crippen LogP contribution < -0.4 is 5.32 Å². The Morgan fingerprint density at radius 2 is 2.18 bits per heavy atom. The van der Waals surface area contributed by atoms with Crippen LogP contribution in [0.15, 0.2) is 11.5 Å². The molecule has 0 aromatic carbocycles. The highest BCUT2D eigenvalue weighted by molar-refractivity contribution is 8.00. The van der Waals surface area contributed by atoms with Crippen molar-refractivity contribution in [1.29, 1.82) is 0 Å². The van der Waals surface area contributed by atoms with Crippen LogP contribution in [0.3, 0.4) is 0 Å². The monoisotopic (exact) mass is 259 g/mol. The average molecular weight is 259 g/mol. The number of rotatable bonds is 2. The summed E-state index contributed by atoms with van der Waals surface area (Å²) in [5, 5.41) is 2.99. The van der Waals surface area contributed by atoms with Gasteiger partial charge in [0.15, 0.2) is 11.9 Å². The van der Waals surface area contributed by atoms with E-state index in [1.54, 1.807) is 0 Å². The number of hydrogen-bond acceptors (Lipinski definition) is 7. The zero-order chi connectivity index (χ0) is 12.4. The lowest BCUT2D eigenvalue weighted by Gasteiger charge is -2.27. The molecule has 0 bridgehead atoms. The number of thioether (sulfide) groups is 1. The summed E-state index contributed by atoms with van der Waals surface area (Å²) in [6.07, 6.45) is -0.540. The molecule has 0 aromatic rings. The quantitative estimate of drug-likeness (QED) is 0.717. The summed E-state index contributed by atoms with van der Waals surface area (Å²) >= 11 is 1.50. The molecule has 0 radical (unpaired) electrons. The summed E-state index contributed by atoms with van der Waals surface area (Å²) in [5.74, 6) is 0.0223. The molecular formula is C10H13NO5S. The molecule has 0 spiro atoms. The molecule has 1 fully saturated rings. The van der Waals surface area contributed by atoms with Crippen LogP contribution in [0.1, 0.15) is 13.8 Å². The SMILES string of the molecule is CC(=O)OC1=C2NCOC2SCC1OC(C)=O. The molecule has 0 aliphatic carbocycles. The minimum Gasteiger partial charge on any atom is -0.453 e. The molecule has 94 valence electrons. The summed E-state index contributed by atoms with van der Waals surface area (Å²) in [5.41, 5.74) is 0.513. The van der Waals surface area contributed by atoms with Gasteiger partial charge in [0.1, 0.15) is 12.2 Å². The minimum absolute atomic E-state index is 0.170. The van der Waals surface area contributed by atoms with E-state index < -0.39 is 18.0 Å². The summed E-state index contributed by atoms with van der Waals surface area (Å²) in [4.78, 5) is 22.0. The Morgan fingerprint density at radius 1 is 1.41 bits per heavy atom. The maximum Gasteiger partial charge on any atom is 0.307 e. The highest BCUT2D eigenvalue weighted by atomic mass is 32.2. The van der Waals surface area contributed by atoms with Crippen molar-refractivity contribution in [2.45, 2.75) is 25.4 Å². The Labute approximate surface area is 103 Å². The highest BCUT2D eigenvalue weighted by Crippen LogP contribution is 2.35. The average Bonchev–Trinajstić information content (AvgIpc) is 2.68. The van der Waals surface area contributed by atoms with Crippen LogP contribution in [-0.2, 0) is 23.8 Å². The molecule has 0 amide bonds. The molecule has 6 nitrogen and oxygen atoms in total. The Morgan fingerprint density at radius 3 is 2.82 bits per heavy atom. The first-order chi connectivity index (χ1) is 8.08. The van der Waals surface area contributed by atoms with Crippen molar-refractivity contribution < 1.29 is 23.8 Å². The van der Waals surface area contributed by atoms with Crippen LogP contribution in [0.25, 0.3) is 0 Å². The number of hydrogen-bond donors (Lipinski definition) is 1. The second kappa shape index (κ2) is 4.97. The molecule has 0 saturated carbocycles. The van der Waals surface area contributed by atoms with Crippen LogP contribution in [0, 0.1) is 0 Å². The molecule has 2 atom stereocenters. The maximum atomic E-state index is 11.1. The highest BCUT2D eigenvalue weighted by Gasteiger charge is 2.38. The van der Waals surface area contributed by atoms with E-state index in [0.29, 0.717) is 23.9 Å². The lowest BCUT2D eigenvalue weighted by atomic mass is 10.2. The van der Waals surface area contributed by atoms with Crippen molar-refractivity contribution in [3.05, 3.63) is 11.5 Å². The molecule has 1 N–H and O–H groups in total. The van der Waals surface area contributed by atoms with Crippen LogP contribution in [-0.4, -0.2) is 36.0 Å². The molecule has 2 aliphatic rings. The van der Waals surface area contributed by atoms with Gasteiger partial charge in [-0.3, -0.25) is 9.59 Å². The molecule has 2 rings (SSSR count). The van der Waals surface area contributed by atoms with Gasteiger partial charge >= 0.3 is 11.9 Å². The van der Waals surface area contributed by atoms with Gasteiger partial charge in [-0.1, -0.05) is 0 Å². The number of ether oxygens (including phenoxy) is 3. The molecule has 2 heterocycles. The van der Waals surface area contributed by atoms with E-state index in [9.17, 15) is 9.59 Å². The zero-order valence-electron chi connectivity index (χ0n) is 9.52. The van der Waals surface area contributed by atoms with E-state index in [-0.39, 0.29) is 5.44 Å².